The van der Waals surface area contributed by atoms with Crippen molar-refractivity contribution in [2.24, 2.45) is 17.8 Å². The Morgan fingerprint density at radius 3 is 2.17 bits per heavy atom. The van der Waals surface area contributed by atoms with Gasteiger partial charge in [-0.1, -0.05) is 47.1 Å². The lowest BCUT2D eigenvalue weighted by molar-refractivity contribution is -0.140. The summed E-state index contributed by atoms with van der Waals surface area (Å²) in [5.41, 5.74) is 0.683. The molecular formula is C29H52N4O3. The molecule has 2 aliphatic rings. The lowest BCUT2D eigenvalue weighted by atomic mass is 9.95. The quantitative estimate of drug-likeness (QED) is 0.480. The second-order valence-corrected chi connectivity index (χ2v) is 12.1. The Morgan fingerprint density at radius 1 is 0.944 bits per heavy atom. The number of nitrogens with one attached hydrogen (secondary N) is 1. The van der Waals surface area contributed by atoms with Gasteiger partial charge in [0.1, 0.15) is 6.04 Å². The van der Waals surface area contributed by atoms with Gasteiger partial charge in [0.15, 0.2) is 0 Å². The summed E-state index contributed by atoms with van der Waals surface area (Å²) < 4.78 is 0. The zero-order chi connectivity index (χ0) is 27.2. The van der Waals surface area contributed by atoms with Gasteiger partial charge in [0.25, 0.3) is 0 Å². The lowest BCUT2D eigenvalue weighted by Gasteiger charge is -2.39. The molecule has 1 N–H and O–H groups in total. The predicted molar refractivity (Wildman–Crippen MR) is 146 cm³/mol. The molecule has 2 heterocycles. The summed E-state index contributed by atoms with van der Waals surface area (Å²) in [6, 6.07) is -0.739. The van der Waals surface area contributed by atoms with Gasteiger partial charge in [-0.15, -0.1) is 0 Å². The third-order valence-electron chi connectivity index (χ3n) is 7.92. The monoisotopic (exact) mass is 504 g/mol. The molecule has 2 fully saturated rings. The van der Waals surface area contributed by atoms with Crippen molar-refractivity contribution in [3.05, 3.63) is 11.6 Å². The number of likely N-dealkylation sites (tertiary alicyclic amines) is 2. The molecule has 0 aromatic heterocycles. The van der Waals surface area contributed by atoms with Crippen molar-refractivity contribution in [1.82, 2.24) is 20.0 Å². The van der Waals surface area contributed by atoms with Crippen molar-refractivity contribution < 1.29 is 14.4 Å². The van der Waals surface area contributed by atoms with Crippen LogP contribution in [0.5, 0.6) is 0 Å². The van der Waals surface area contributed by atoms with Crippen LogP contribution in [-0.2, 0) is 14.4 Å². The van der Waals surface area contributed by atoms with E-state index in [9.17, 15) is 14.4 Å². The number of likely N-dealkylation sites (N-methyl/N-ethyl adjacent to an activating group) is 1. The van der Waals surface area contributed by atoms with Gasteiger partial charge in [-0.2, -0.15) is 0 Å². The average Bonchev–Trinajstić information content (AvgIpc) is 2.83. The smallest absolute Gasteiger partial charge is 0.249 e. The van der Waals surface area contributed by atoms with E-state index in [1.807, 2.05) is 31.7 Å². The molecule has 0 aromatic rings. The van der Waals surface area contributed by atoms with E-state index in [0.717, 1.165) is 51.7 Å². The second-order valence-electron chi connectivity index (χ2n) is 12.1. The number of carbonyl (C=O) groups is 3. The van der Waals surface area contributed by atoms with E-state index in [-0.39, 0.29) is 47.7 Å². The van der Waals surface area contributed by atoms with Crippen LogP contribution in [0, 0.1) is 17.8 Å². The number of hydrogen-bond acceptors (Lipinski definition) is 4. The molecule has 2 aliphatic heterocycles. The molecular weight excluding hydrogens is 452 g/mol. The van der Waals surface area contributed by atoms with Gasteiger partial charge in [-0.25, -0.2) is 0 Å². The van der Waals surface area contributed by atoms with Crippen LogP contribution in [0.25, 0.3) is 0 Å². The molecule has 0 radical (unpaired) electrons. The highest BCUT2D eigenvalue weighted by Crippen LogP contribution is 2.22. The predicted octanol–water partition coefficient (Wildman–Crippen LogP) is 4.08. The molecule has 0 aliphatic carbocycles. The Hall–Kier alpha value is -1.89. The first-order valence-corrected chi connectivity index (χ1v) is 14.2. The molecule has 2 unspecified atom stereocenters. The molecule has 206 valence electrons. The summed E-state index contributed by atoms with van der Waals surface area (Å²) >= 11 is 0. The third kappa shape index (κ3) is 7.80. The molecule has 0 spiro atoms. The molecule has 2 rings (SSSR count). The average molecular weight is 505 g/mol. The summed E-state index contributed by atoms with van der Waals surface area (Å²) in [6.45, 7) is 18.9. The van der Waals surface area contributed by atoms with Crippen molar-refractivity contribution in [1.29, 1.82) is 0 Å². The van der Waals surface area contributed by atoms with Crippen LogP contribution in [-0.4, -0.2) is 83.3 Å². The van der Waals surface area contributed by atoms with Gasteiger partial charge >= 0.3 is 0 Å². The molecule has 36 heavy (non-hydrogen) atoms. The van der Waals surface area contributed by atoms with Crippen molar-refractivity contribution >= 4 is 17.7 Å². The van der Waals surface area contributed by atoms with E-state index in [1.54, 1.807) is 11.9 Å². The maximum atomic E-state index is 13.7. The fraction of sp³-hybridized carbons (Fsp3) is 0.828. The third-order valence-corrected chi connectivity index (χ3v) is 7.92. The minimum atomic E-state index is -0.605. The highest BCUT2D eigenvalue weighted by Gasteiger charge is 2.36. The van der Waals surface area contributed by atoms with Crippen molar-refractivity contribution in [2.75, 3.05) is 26.7 Å². The Morgan fingerprint density at radius 2 is 1.61 bits per heavy atom. The van der Waals surface area contributed by atoms with E-state index in [4.69, 9.17) is 0 Å². The molecule has 0 aromatic carbocycles. The SMILES string of the molecule is CC(=C[C@H](C(C)C)N(C)C(=O)[C@@H](NC(=O)C1CCCCN1C(C)C)C(C)C)C(=O)N1CCCC(C)C1. The van der Waals surface area contributed by atoms with Crippen LogP contribution in [0.3, 0.4) is 0 Å². The number of rotatable bonds is 9. The Labute approximate surface area is 220 Å². The molecule has 7 nitrogen and oxygen atoms in total. The number of nitrogens with zero attached hydrogens (tertiary/aromatic N) is 3. The Bertz CT molecular complexity index is 791. The first-order valence-electron chi connectivity index (χ1n) is 14.2. The van der Waals surface area contributed by atoms with Crippen LogP contribution >= 0.6 is 0 Å². The van der Waals surface area contributed by atoms with E-state index < -0.39 is 6.04 Å². The second kappa shape index (κ2) is 13.6. The van der Waals surface area contributed by atoms with Gasteiger partial charge < -0.3 is 15.1 Å². The molecule has 2 saturated heterocycles. The van der Waals surface area contributed by atoms with E-state index in [0.29, 0.717) is 11.5 Å². The van der Waals surface area contributed by atoms with Gasteiger partial charge in [0.2, 0.25) is 17.7 Å². The summed E-state index contributed by atoms with van der Waals surface area (Å²) in [5.74, 6) is 0.507. The van der Waals surface area contributed by atoms with Gasteiger partial charge in [-0.05, 0) is 70.8 Å². The fourth-order valence-electron chi connectivity index (χ4n) is 5.69. The number of hydrogen-bond donors (Lipinski definition) is 1. The number of carbonyl (C=O) groups excluding carboxylic acids is 3. The molecule has 7 heteroatoms. The summed E-state index contributed by atoms with van der Waals surface area (Å²) in [6.07, 6.45) is 7.12. The van der Waals surface area contributed by atoms with Gasteiger partial charge in [0, 0.05) is 31.8 Å². The molecule has 4 atom stereocenters. The van der Waals surface area contributed by atoms with E-state index in [1.165, 1.54) is 0 Å². The maximum Gasteiger partial charge on any atom is 0.249 e. The van der Waals surface area contributed by atoms with Crippen LogP contribution in [0.2, 0.25) is 0 Å². The minimum Gasteiger partial charge on any atom is -0.343 e. The van der Waals surface area contributed by atoms with Crippen LogP contribution < -0.4 is 5.32 Å². The first kappa shape index (κ1) is 30.3. The van der Waals surface area contributed by atoms with Crippen molar-refractivity contribution in [3.63, 3.8) is 0 Å². The summed E-state index contributed by atoms with van der Waals surface area (Å²) in [7, 11) is 1.80. The Balaban J connectivity index is 2.18. The zero-order valence-corrected chi connectivity index (χ0v) is 24.3. The van der Waals surface area contributed by atoms with Crippen LogP contribution in [0.15, 0.2) is 11.6 Å². The molecule has 0 bridgehead atoms. The van der Waals surface area contributed by atoms with E-state index in [2.05, 4.69) is 44.8 Å². The summed E-state index contributed by atoms with van der Waals surface area (Å²) in [4.78, 5) is 46.1. The maximum absolute atomic E-state index is 13.7. The lowest BCUT2D eigenvalue weighted by Crippen LogP contribution is -2.58. The largest absolute Gasteiger partial charge is 0.343 e. The fourth-order valence-corrected chi connectivity index (χ4v) is 5.69. The highest BCUT2D eigenvalue weighted by atomic mass is 16.2. The van der Waals surface area contributed by atoms with Crippen molar-refractivity contribution in [2.45, 2.75) is 112 Å². The van der Waals surface area contributed by atoms with Gasteiger partial charge in [-0.3, -0.25) is 19.3 Å². The zero-order valence-electron chi connectivity index (χ0n) is 24.3. The number of amides is 3. The van der Waals surface area contributed by atoms with Crippen LogP contribution in [0.4, 0.5) is 0 Å². The first-order chi connectivity index (χ1) is 16.8. The van der Waals surface area contributed by atoms with Crippen molar-refractivity contribution in [3.8, 4) is 0 Å². The Kier molecular flexibility index (Phi) is 11.5. The molecule has 3 amide bonds. The normalized spacial score (nSPS) is 23.7. The van der Waals surface area contributed by atoms with Gasteiger partial charge in [0.05, 0.1) is 12.1 Å². The topological polar surface area (TPSA) is 73.0 Å². The summed E-state index contributed by atoms with van der Waals surface area (Å²) in [5, 5.41) is 3.11. The minimum absolute atomic E-state index is 0.0469. The standard InChI is InChI=1S/C29H52N4O3/c1-19(2)25(17-23(8)28(35)32-15-12-13-22(7)18-32)31(9)29(36)26(20(3)4)30-27(34)24-14-10-11-16-33(24)21(5)6/h17,19-22,24-26H,10-16,18H2,1-9H3,(H,30,34)/t22?,24?,25-,26+/m1/s1. The van der Waals surface area contributed by atoms with E-state index >= 15 is 0 Å². The number of piperidine rings is 2. The highest BCUT2D eigenvalue weighted by molar-refractivity contribution is 5.93. The molecule has 0 saturated carbocycles. The van der Waals surface area contributed by atoms with Crippen LogP contribution in [0.1, 0.15) is 87.5 Å².